The van der Waals surface area contributed by atoms with Crippen LogP contribution in [0.4, 0.5) is 5.69 Å². The maximum absolute atomic E-state index is 5.45. The molecule has 2 rings (SSSR count). The van der Waals surface area contributed by atoms with Crippen LogP contribution in [0.15, 0.2) is 30.3 Å². The molecule has 2 nitrogen and oxygen atoms in total. The second-order valence-corrected chi connectivity index (χ2v) is 5.88. The zero-order valence-electron chi connectivity index (χ0n) is 13.9. The van der Waals surface area contributed by atoms with E-state index in [9.17, 15) is 0 Å². The van der Waals surface area contributed by atoms with E-state index in [4.69, 9.17) is 4.74 Å². The highest BCUT2D eigenvalue weighted by Gasteiger charge is 2.14. The van der Waals surface area contributed by atoms with Crippen molar-refractivity contribution in [2.45, 2.75) is 40.7 Å². The van der Waals surface area contributed by atoms with Crippen molar-refractivity contribution in [1.29, 1.82) is 0 Å². The van der Waals surface area contributed by atoms with Gasteiger partial charge in [0.15, 0.2) is 0 Å². The van der Waals surface area contributed by atoms with Crippen molar-refractivity contribution in [1.82, 2.24) is 0 Å². The smallest absolute Gasteiger partial charge is 0.141 e. The van der Waals surface area contributed by atoms with Gasteiger partial charge in [0.2, 0.25) is 0 Å². The van der Waals surface area contributed by atoms with Crippen molar-refractivity contribution in [2.24, 2.45) is 0 Å². The molecular weight excluding hydrogens is 258 g/mol. The SMILES string of the molecule is COc1ccc(C)cc1NC(C)c1c(C)cc(C)cc1C. The largest absolute Gasteiger partial charge is 0.495 e. The van der Waals surface area contributed by atoms with Gasteiger partial charge in [-0.05, 0) is 69.0 Å². The highest BCUT2D eigenvalue weighted by Crippen LogP contribution is 2.31. The Morgan fingerprint density at radius 2 is 1.52 bits per heavy atom. The molecule has 0 aliphatic rings. The Bertz CT molecular complexity index is 623. The molecule has 0 aliphatic carbocycles. The Hall–Kier alpha value is -1.96. The minimum atomic E-state index is 0.237. The molecule has 0 saturated carbocycles. The maximum atomic E-state index is 5.45. The van der Waals surface area contributed by atoms with Crippen LogP contribution in [0.25, 0.3) is 0 Å². The molecule has 0 aliphatic heterocycles. The third kappa shape index (κ3) is 3.38. The molecule has 2 heteroatoms. The van der Waals surface area contributed by atoms with Gasteiger partial charge in [0.1, 0.15) is 5.75 Å². The van der Waals surface area contributed by atoms with Crippen LogP contribution in [-0.2, 0) is 0 Å². The Kier molecular flexibility index (Phi) is 4.56. The molecule has 112 valence electrons. The topological polar surface area (TPSA) is 21.3 Å². The number of aryl methyl sites for hydroxylation is 4. The van der Waals surface area contributed by atoms with E-state index in [1.54, 1.807) is 7.11 Å². The Balaban J connectivity index is 2.34. The molecule has 0 fully saturated rings. The van der Waals surface area contributed by atoms with Crippen LogP contribution in [0, 0.1) is 27.7 Å². The monoisotopic (exact) mass is 283 g/mol. The first-order chi connectivity index (χ1) is 9.92. The predicted octanol–water partition coefficient (Wildman–Crippen LogP) is 5.10. The highest BCUT2D eigenvalue weighted by molar-refractivity contribution is 5.59. The Morgan fingerprint density at radius 1 is 0.905 bits per heavy atom. The number of nitrogens with one attached hydrogen (secondary N) is 1. The van der Waals surface area contributed by atoms with Gasteiger partial charge in [0.25, 0.3) is 0 Å². The van der Waals surface area contributed by atoms with E-state index < -0.39 is 0 Å². The molecule has 1 N–H and O–H groups in total. The summed E-state index contributed by atoms with van der Waals surface area (Å²) in [7, 11) is 1.71. The van der Waals surface area contributed by atoms with Gasteiger partial charge in [-0.25, -0.2) is 0 Å². The van der Waals surface area contributed by atoms with Crippen molar-refractivity contribution in [3.8, 4) is 5.75 Å². The number of rotatable bonds is 4. The molecule has 0 aromatic heterocycles. The molecule has 1 atom stereocenters. The first-order valence-corrected chi connectivity index (χ1v) is 7.41. The van der Waals surface area contributed by atoms with Gasteiger partial charge >= 0.3 is 0 Å². The van der Waals surface area contributed by atoms with Gasteiger partial charge in [0, 0.05) is 6.04 Å². The van der Waals surface area contributed by atoms with Crippen LogP contribution >= 0.6 is 0 Å². The number of hydrogen-bond acceptors (Lipinski definition) is 2. The fraction of sp³-hybridized carbons (Fsp3) is 0.368. The highest BCUT2D eigenvalue weighted by atomic mass is 16.5. The van der Waals surface area contributed by atoms with Gasteiger partial charge in [-0.15, -0.1) is 0 Å². The standard InChI is InChI=1S/C19H25NO/c1-12-7-8-18(21-6)17(11-12)20-16(5)19-14(3)9-13(2)10-15(19)4/h7-11,16,20H,1-6H3. The number of methoxy groups -OCH3 is 1. The van der Waals surface area contributed by atoms with E-state index in [0.717, 1.165) is 11.4 Å². The lowest BCUT2D eigenvalue weighted by molar-refractivity contribution is 0.416. The fourth-order valence-corrected chi connectivity index (χ4v) is 3.11. The summed E-state index contributed by atoms with van der Waals surface area (Å²) in [5, 5.41) is 3.59. The Morgan fingerprint density at radius 3 is 2.10 bits per heavy atom. The summed E-state index contributed by atoms with van der Waals surface area (Å²) >= 11 is 0. The van der Waals surface area contributed by atoms with Crippen LogP contribution in [0.2, 0.25) is 0 Å². The molecule has 0 bridgehead atoms. The quantitative estimate of drug-likeness (QED) is 0.842. The lowest BCUT2D eigenvalue weighted by Gasteiger charge is -2.22. The number of anilines is 1. The molecule has 1 unspecified atom stereocenters. The number of benzene rings is 2. The first-order valence-electron chi connectivity index (χ1n) is 7.41. The minimum Gasteiger partial charge on any atom is -0.495 e. The van der Waals surface area contributed by atoms with Gasteiger partial charge in [0.05, 0.1) is 12.8 Å². The molecule has 2 aromatic carbocycles. The van der Waals surface area contributed by atoms with Crippen LogP contribution in [0.3, 0.4) is 0 Å². The van der Waals surface area contributed by atoms with Crippen LogP contribution in [0.1, 0.15) is 40.8 Å². The van der Waals surface area contributed by atoms with E-state index in [1.807, 2.05) is 6.07 Å². The average molecular weight is 283 g/mol. The van der Waals surface area contributed by atoms with Gasteiger partial charge < -0.3 is 10.1 Å². The van der Waals surface area contributed by atoms with Crippen molar-refractivity contribution >= 4 is 5.69 Å². The number of hydrogen-bond donors (Lipinski definition) is 1. The van der Waals surface area contributed by atoms with Crippen molar-refractivity contribution < 1.29 is 4.74 Å². The molecule has 2 aromatic rings. The maximum Gasteiger partial charge on any atom is 0.141 e. The summed E-state index contributed by atoms with van der Waals surface area (Å²) in [5.74, 6) is 0.884. The summed E-state index contributed by atoms with van der Waals surface area (Å²) in [6.45, 7) is 10.8. The molecule has 0 heterocycles. The minimum absolute atomic E-state index is 0.237. The molecular formula is C19H25NO. The van der Waals surface area contributed by atoms with Gasteiger partial charge in [-0.2, -0.15) is 0 Å². The van der Waals surface area contributed by atoms with Crippen molar-refractivity contribution in [3.05, 3.63) is 58.1 Å². The van der Waals surface area contributed by atoms with Crippen LogP contribution in [-0.4, -0.2) is 7.11 Å². The van der Waals surface area contributed by atoms with E-state index in [1.165, 1.54) is 27.8 Å². The number of ether oxygens (including phenoxy) is 1. The summed E-state index contributed by atoms with van der Waals surface area (Å²) in [6, 6.07) is 10.9. The van der Waals surface area contributed by atoms with E-state index in [-0.39, 0.29) is 6.04 Å². The second kappa shape index (κ2) is 6.21. The van der Waals surface area contributed by atoms with Crippen molar-refractivity contribution in [3.63, 3.8) is 0 Å². The summed E-state index contributed by atoms with van der Waals surface area (Å²) in [4.78, 5) is 0. The average Bonchev–Trinajstić information content (AvgIpc) is 2.37. The normalized spacial score (nSPS) is 12.1. The third-order valence-electron chi connectivity index (χ3n) is 3.90. The molecule has 0 saturated heterocycles. The van der Waals surface area contributed by atoms with E-state index >= 15 is 0 Å². The predicted molar refractivity (Wildman–Crippen MR) is 90.4 cm³/mol. The summed E-state index contributed by atoms with van der Waals surface area (Å²) < 4.78 is 5.45. The molecule has 0 radical (unpaired) electrons. The van der Waals surface area contributed by atoms with E-state index in [0.29, 0.717) is 0 Å². The van der Waals surface area contributed by atoms with E-state index in [2.05, 4.69) is 64.2 Å². The summed E-state index contributed by atoms with van der Waals surface area (Å²) in [5.41, 5.74) is 7.61. The summed E-state index contributed by atoms with van der Waals surface area (Å²) in [6.07, 6.45) is 0. The van der Waals surface area contributed by atoms with Crippen LogP contribution < -0.4 is 10.1 Å². The van der Waals surface area contributed by atoms with Gasteiger partial charge in [-0.1, -0.05) is 23.8 Å². The fourth-order valence-electron chi connectivity index (χ4n) is 3.11. The molecule has 0 spiro atoms. The third-order valence-corrected chi connectivity index (χ3v) is 3.90. The Labute approximate surface area is 128 Å². The van der Waals surface area contributed by atoms with Gasteiger partial charge in [-0.3, -0.25) is 0 Å². The molecule has 0 amide bonds. The zero-order chi connectivity index (χ0) is 15.6. The van der Waals surface area contributed by atoms with Crippen LogP contribution in [0.5, 0.6) is 5.75 Å². The zero-order valence-corrected chi connectivity index (χ0v) is 13.9. The molecule has 21 heavy (non-hydrogen) atoms. The van der Waals surface area contributed by atoms with Crippen molar-refractivity contribution in [2.75, 3.05) is 12.4 Å². The first kappa shape index (κ1) is 15.4. The lowest BCUT2D eigenvalue weighted by Crippen LogP contribution is -2.11. The second-order valence-electron chi connectivity index (χ2n) is 5.88. The lowest BCUT2D eigenvalue weighted by atomic mass is 9.94.